The average molecular weight is 261 g/mol. The summed E-state index contributed by atoms with van der Waals surface area (Å²) in [7, 11) is 0. The summed E-state index contributed by atoms with van der Waals surface area (Å²) in [6, 6.07) is 13.8. The molecule has 0 saturated heterocycles. The van der Waals surface area contributed by atoms with Crippen LogP contribution in [0.25, 0.3) is 0 Å². The molecule has 0 radical (unpaired) electrons. The Hall–Kier alpha value is -1.87. The minimum Gasteiger partial charge on any atom is -0.508 e. The number of nitrogens with two attached hydrogens (primary N) is 1. The van der Waals surface area contributed by atoms with Gasteiger partial charge in [-0.1, -0.05) is 35.9 Å². The van der Waals surface area contributed by atoms with Gasteiger partial charge in [0.1, 0.15) is 11.6 Å². The number of phenols is 1. The van der Waals surface area contributed by atoms with E-state index in [2.05, 4.69) is 31.2 Å². The zero-order valence-electron chi connectivity index (χ0n) is 11.1. The normalized spacial score (nSPS) is 9.63. The molecule has 3 N–H and O–H groups in total. The predicted octanol–water partition coefficient (Wildman–Crippen LogP) is 3.42. The molecule has 0 aliphatic rings. The highest BCUT2D eigenvalue weighted by molar-refractivity contribution is 5.22. The van der Waals surface area contributed by atoms with Gasteiger partial charge in [0.2, 0.25) is 0 Å². The first kappa shape index (κ1) is 15.2. The molecule has 2 aromatic rings. The fourth-order valence-electron chi connectivity index (χ4n) is 1.65. The Bertz CT molecular complexity index is 482. The lowest BCUT2D eigenvalue weighted by Crippen LogP contribution is -2.00. The molecular formula is C16H20FNO. The van der Waals surface area contributed by atoms with Crippen LogP contribution in [0.2, 0.25) is 0 Å². The minimum atomic E-state index is -0.412. The van der Waals surface area contributed by atoms with E-state index in [4.69, 9.17) is 10.8 Å². The van der Waals surface area contributed by atoms with Crippen LogP contribution < -0.4 is 5.73 Å². The molecule has 3 heteroatoms. The Balaban J connectivity index is 0.000000200. The van der Waals surface area contributed by atoms with E-state index in [9.17, 15) is 4.39 Å². The smallest absolute Gasteiger partial charge is 0.126 e. The van der Waals surface area contributed by atoms with Gasteiger partial charge in [-0.05, 0) is 44.0 Å². The molecule has 0 spiro atoms. The third-order valence-electron chi connectivity index (χ3n) is 2.56. The zero-order chi connectivity index (χ0) is 14.1. The molecule has 102 valence electrons. The molecular weight excluding hydrogens is 241 g/mol. The second-order valence-corrected chi connectivity index (χ2v) is 4.36. The molecule has 0 aromatic heterocycles. The summed E-state index contributed by atoms with van der Waals surface area (Å²) in [6.07, 6.45) is 2.20. The van der Waals surface area contributed by atoms with E-state index in [-0.39, 0.29) is 5.75 Å². The summed E-state index contributed by atoms with van der Waals surface area (Å²) in [4.78, 5) is 0. The van der Waals surface area contributed by atoms with Crippen LogP contribution in [0.1, 0.15) is 17.5 Å². The van der Waals surface area contributed by atoms with Crippen LogP contribution in [0.3, 0.4) is 0 Å². The van der Waals surface area contributed by atoms with E-state index in [1.807, 2.05) is 0 Å². The summed E-state index contributed by atoms with van der Waals surface area (Å²) in [5.41, 5.74) is 8.15. The molecule has 0 heterocycles. The molecule has 2 rings (SSSR count). The van der Waals surface area contributed by atoms with Crippen molar-refractivity contribution in [2.75, 3.05) is 6.54 Å². The molecule has 19 heavy (non-hydrogen) atoms. The Kier molecular flexibility index (Phi) is 6.61. The predicted molar refractivity (Wildman–Crippen MR) is 76.6 cm³/mol. The standard InChI is InChI=1S/C10H15N.C6H5FO/c1-9-4-2-5-10(8-9)6-3-7-11;7-5-2-1-3-6(8)4-5/h2,4-5,8H,3,6-7,11H2,1H3;1-4,8H. The summed E-state index contributed by atoms with van der Waals surface area (Å²) in [6.45, 7) is 2.90. The monoisotopic (exact) mass is 261 g/mol. The van der Waals surface area contributed by atoms with E-state index in [0.717, 1.165) is 25.5 Å². The molecule has 0 aliphatic carbocycles. The van der Waals surface area contributed by atoms with Crippen molar-refractivity contribution in [2.24, 2.45) is 5.73 Å². The van der Waals surface area contributed by atoms with Crippen LogP contribution in [-0.2, 0) is 6.42 Å². The van der Waals surface area contributed by atoms with Gasteiger partial charge < -0.3 is 10.8 Å². The van der Waals surface area contributed by atoms with E-state index >= 15 is 0 Å². The molecule has 2 nitrogen and oxygen atoms in total. The molecule has 0 fully saturated rings. The fraction of sp³-hybridized carbons (Fsp3) is 0.250. The van der Waals surface area contributed by atoms with E-state index < -0.39 is 5.82 Å². The van der Waals surface area contributed by atoms with E-state index in [1.165, 1.54) is 29.3 Å². The van der Waals surface area contributed by atoms with Gasteiger partial charge in [0.15, 0.2) is 0 Å². The maximum atomic E-state index is 12.0. The second kappa shape index (κ2) is 8.27. The maximum absolute atomic E-state index is 12.0. The summed E-state index contributed by atoms with van der Waals surface area (Å²) in [5, 5.41) is 8.57. The molecule has 2 aromatic carbocycles. The highest BCUT2D eigenvalue weighted by atomic mass is 19.1. The number of hydrogen-bond donors (Lipinski definition) is 2. The molecule has 0 atom stereocenters. The van der Waals surface area contributed by atoms with Crippen molar-refractivity contribution in [3.8, 4) is 5.75 Å². The highest BCUT2D eigenvalue weighted by Crippen LogP contribution is 2.08. The van der Waals surface area contributed by atoms with Gasteiger partial charge in [0.25, 0.3) is 0 Å². The van der Waals surface area contributed by atoms with Crippen LogP contribution in [0.4, 0.5) is 4.39 Å². The van der Waals surface area contributed by atoms with Crippen LogP contribution in [0.5, 0.6) is 5.75 Å². The topological polar surface area (TPSA) is 46.2 Å². The van der Waals surface area contributed by atoms with E-state index in [1.54, 1.807) is 0 Å². The van der Waals surface area contributed by atoms with Gasteiger partial charge >= 0.3 is 0 Å². The van der Waals surface area contributed by atoms with Gasteiger partial charge in [-0.2, -0.15) is 0 Å². The Morgan fingerprint density at radius 1 is 1.11 bits per heavy atom. The minimum absolute atomic E-state index is 0.0370. The molecule has 0 amide bonds. The summed E-state index contributed by atoms with van der Waals surface area (Å²) >= 11 is 0. The Morgan fingerprint density at radius 3 is 2.37 bits per heavy atom. The van der Waals surface area contributed by atoms with Gasteiger partial charge in [-0.3, -0.25) is 0 Å². The highest BCUT2D eigenvalue weighted by Gasteiger charge is 1.91. The number of aromatic hydroxyl groups is 1. The summed E-state index contributed by atoms with van der Waals surface area (Å²) in [5.74, 6) is -0.449. The number of benzene rings is 2. The lowest BCUT2D eigenvalue weighted by Gasteiger charge is -1.99. The van der Waals surface area contributed by atoms with Crippen molar-refractivity contribution >= 4 is 0 Å². The van der Waals surface area contributed by atoms with Crippen molar-refractivity contribution in [2.45, 2.75) is 19.8 Å². The molecule has 0 bridgehead atoms. The first-order valence-corrected chi connectivity index (χ1v) is 6.32. The Morgan fingerprint density at radius 2 is 1.84 bits per heavy atom. The largest absolute Gasteiger partial charge is 0.508 e. The van der Waals surface area contributed by atoms with Crippen LogP contribution >= 0.6 is 0 Å². The van der Waals surface area contributed by atoms with Crippen molar-refractivity contribution < 1.29 is 9.50 Å². The zero-order valence-corrected chi connectivity index (χ0v) is 11.1. The van der Waals surface area contributed by atoms with Crippen molar-refractivity contribution in [3.63, 3.8) is 0 Å². The molecule has 0 saturated carbocycles. The first-order valence-electron chi connectivity index (χ1n) is 6.32. The fourth-order valence-corrected chi connectivity index (χ4v) is 1.65. The van der Waals surface area contributed by atoms with Crippen molar-refractivity contribution in [3.05, 3.63) is 65.5 Å². The second-order valence-electron chi connectivity index (χ2n) is 4.36. The third kappa shape index (κ3) is 6.58. The average Bonchev–Trinajstić information content (AvgIpc) is 2.37. The number of rotatable bonds is 3. The van der Waals surface area contributed by atoms with Gasteiger partial charge in [0, 0.05) is 6.07 Å². The van der Waals surface area contributed by atoms with Crippen LogP contribution in [0, 0.1) is 12.7 Å². The van der Waals surface area contributed by atoms with Crippen LogP contribution in [0.15, 0.2) is 48.5 Å². The first-order chi connectivity index (χ1) is 9.11. The molecule has 0 unspecified atom stereocenters. The molecule has 0 aliphatic heterocycles. The number of aryl methyl sites for hydroxylation is 2. The number of halogens is 1. The lowest BCUT2D eigenvalue weighted by atomic mass is 10.1. The van der Waals surface area contributed by atoms with Gasteiger partial charge in [0.05, 0.1) is 0 Å². The lowest BCUT2D eigenvalue weighted by molar-refractivity contribution is 0.469. The summed E-state index contributed by atoms with van der Waals surface area (Å²) < 4.78 is 12.0. The van der Waals surface area contributed by atoms with E-state index in [0.29, 0.717) is 0 Å². The Labute approximate surface area is 113 Å². The van der Waals surface area contributed by atoms with Crippen molar-refractivity contribution in [1.29, 1.82) is 0 Å². The quantitative estimate of drug-likeness (QED) is 0.889. The van der Waals surface area contributed by atoms with Gasteiger partial charge in [-0.25, -0.2) is 4.39 Å². The van der Waals surface area contributed by atoms with Crippen LogP contribution in [-0.4, -0.2) is 11.7 Å². The van der Waals surface area contributed by atoms with Gasteiger partial charge in [-0.15, -0.1) is 0 Å². The maximum Gasteiger partial charge on any atom is 0.126 e. The number of phenolic OH excluding ortho intramolecular Hbond substituents is 1. The third-order valence-corrected chi connectivity index (χ3v) is 2.56. The van der Waals surface area contributed by atoms with Crippen molar-refractivity contribution in [1.82, 2.24) is 0 Å². The number of hydrogen-bond acceptors (Lipinski definition) is 2. The SMILES string of the molecule is Cc1cccc(CCCN)c1.Oc1cccc(F)c1.